The molecule has 1 heterocycles. The molecule has 1 aromatic heterocycles. The van der Waals surface area contributed by atoms with E-state index in [1.54, 1.807) is 6.92 Å². The second-order valence-electron chi connectivity index (χ2n) is 4.68. The molecule has 0 amide bonds. The van der Waals surface area contributed by atoms with E-state index in [2.05, 4.69) is 9.97 Å². The van der Waals surface area contributed by atoms with E-state index >= 15 is 0 Å². The largest absolute Gasteiger partial charge is 0.343 e. The fraction of sp³-hybridized carbons (Fsp3) is 0.286. The molecule has 100 valence electrons. The lowest BCUT2D eigenvalue weighted by atomic mass is 10.1. The van der Waals surface area contributed by atoms with E-state index in [-0.39, 0.29) is 11.5 Å². The van der Waals surface area contributed by atoms with E-state index in [1.807, 2.05) is 13.8 Å². The molecule has 0 unspecified atom stereocenters. The second kappa shape index (κ2) is 5.17. The summed E-state index contributed by atoms with van der Waals surface area (Å²) in [6.45, 7) is 5.65. The van der Waals surface area contributed by atoms with Crippen molar-refractivity contribution in [1.82, 2.24) is 9.97 Å². The maximum Gasteiger partial charge on any atom is 0.168 e. The van der Waals surface area contributed by atoms with E-state index in [9.17, 15) is 8.78 Å². The quantitative estimate of drug-likeness (QED) is 0.819. The van der Waals surface area contributed by atoms with Crippen LogP contribution in [0.1, 0.15) is 31.2 Å². The van der Waals surface area contributed by atoms with Gasteiger partial charge in [-0.2, -0.15) is 0 Å². The van der Waals surface area contributed by atoms with E-state index in [0.717, 1.165) is 6.07 Å². The van der Waals surface area contributed by atoms with Crippen LogP contribution in [0.3, 0.4) is 0 Å². The molecule has 0 fully saturated rings. The zero-order chi connectivity index (χ0) is 14.2. The summed E-state index contributed by atoms with van der Waals surface area (Å²) in [5, 5.41) is 0. The predicted molar refractivity (Wildman–Crippen MR) is 73.6 cm³/mol. The van der Waals surface area contributed by atoms with Crippen LogP contribution >= 0.6 is 12.2 Å². The minimum absolute atomic E-state index is 0.123. The average molecular weight is 280 g/mol. The third-order valence-corrected chi connectivity index (χ3v) is 3.34. The lowest BCUT2D eigenvalue weighted by Gasteiger charge is -2.12. The van der Waals surface area contributed by atoms with Crippen molar-refractivity contribution < 1.29 is 8.78 Å². The minimum Gasteiger partial charge on any atom is -0.343 e. The molecular formula is C14H14F2N2S. The molecular weight excluding hydrogens is 266 g/mol. The van der Waals surface area contributed by atoms with Crippen LogP contribution < -0.4 is 0 Å². The van der Waals surface area contributed by atoms with Crippen molar-refractivity contribution in [2.45, 2.75) is 26.7 Å². The Balaban J connectivity index is 2.75. The second-order valence-corrected chi connectivity index (χ2v) is 5.07. The first-order chi connectivity index (χ1) is 8.91. The Morgan fingerprint density at radius 3 is 2.58 bits per heavy atom. The maximum absolute atomic E-state index is 13.9. The Morgan fingerprint density at radius 2 is 1.95 bits per heavy atom. The summed E-state index contributed by atoms with van der Waals surface area (Å²) < 4.78 is 27.6. The Kier molecular flexibility index (Phi) is 3.75. The number of aromatic nitrogens is 2. The molecule has 2 aromatic rings. The Hall–Kier alpha value is -1.62. The molecule has 0 aliphatic carbocycles. The van der Waals surface area contributed by atoms with Gasteiger partial charge in [-0.15, -0.1) is 0 Å². The number of halogens is 2. The monoisotopic (exact) mass is 280 g/mol. The Morgan fingerprint density at radius 1 is 1.26 bits per heavy atom. The Labute approximate surface area is 115 Å². The van der Waals surface area contributed by atoms with Crippen LogP contribution in [0, 0.1) is 23.2 Å². The summed E-state index contributed by atoms with van der Waals surface area (Å²) in [5.41, 5.74) is 1.30. The van der Waals surface area contributed by atoms with E-state index in [0.29, 0.717) is 21.7 Å². The number of benzene rings is 1. The fourth-order valence-corrected chi connectivity index (χ4v) is 1.99. The van der Waals surface area contributed by atoms with E-state index in [4.69, 9.17) is 12.2 Å². The van der Waals surface area contributed by atoms with Gasteiger partial charge in [0.2, 0.25) is 0 Å². The van der Waals surface area contributed by atoms with Crippen LogP contribution in [0.2, 0.25) is 0 Å². The average Bonchev–Trinajstić information content (AvgIpc) is 2.36. The molecule has 0 atom stereocenters. The van der Waals surface area contributed by atoms with Gasteiger partial charge in [-0.25, -0.2) is 13.8 Å². The number of hydrogen-bond donors (Lipinski definition) is 1. The summed E-state index contributed by atoms with van der Waals surface area (Å²) in [5.74, 6) is -0.969. The molecule has 1 aromatic carbocycles. The molecule has 0 radical (unpaired) electrons. The molecule has 2 nitrogen and oxygen atoms in total. The van der Waals surface area contributed by atoms with E-state index < -0.39 is 11.6 Å². The summed E-state index contributed by atoms with van der Waals surface area (Å²) in [6, 6.07) is 4.09. The molecule has 0 bridgehead atoms. The number of nitrogens with one attached hydrogen (secondary N) is 1. The summed E-state index contributed by atoms with van der Waals surface area (Å²) in [6.07, 6.45) is 0. The van der Waals surface area contributed by atoms with Gasteiger partial charge in [0.1, 0.15) is 10.5 Å². The van der Waals surface area contributed by atoms with Gasteiger partial charge in [0.15, 0.2) is 11.6 Å². The van der Waals surface area contributed by atoms with Crippen molar-refractivity contribution in [3.63, 3.8) is 0 Å². The van der Waals surface area contributed by atoms with Crippen LogP contribution in [0.5, 0.6) is 0 Å². The first-order valence-corrected chi connectivity index (χ1v) is 6.37. The van der Waals surface area contributed by atoms with Gasteiger partial charge in [-0.1, -0.05) is 32.1 Å². The zero-order valence-corrected chi connectivity index (χ0v) is 11.7. The highest BCUT2D eigenvalue weighted by Gasteiger charge is 2.15. The van der Waals surface area contributed by atoms with Gasteiger partial charge in [0.25, 0.3) is 0 Å². The van der Waals surface area contributed by atoms with Crippen molar-refractivity contribution in [2.24, 2.45) is 0 Å². The highest BCUT2D eigenvalue weighted by Crippen LogP contribution is 2.27. The van der Waals surface area contributed by atoms with Gasteiger partial charge in [-0.3, -0.25) is 0 Å². The van der Waals surface area contributed by atoms with Crippen LogP contribution in [0.4, 0.5) is 8.78 Å². The molecule has 2 rings (SSSR count). The summed E-state index contributed by atoms with van der Waals surface area (Å²) in [4.78, 5) is 7.31. The highest BCUT2D eigenvalue weighted by atomic mass is 32.1. The van der Waals surface area contributed by atoms with Gasteiger partial charge in [0, 0.05) is 17.0 Å². The van der Waals surface area contributed by atoms with Crippen molar-refractivity contribution >= 4 is 12.2 Å². The summed E-state index contributed by atoms with van der Waals surface area (Å²) in [7, 11) is 0. The van der Waals surface area contributed by atoms with Crippen molar-refractivity contribution in [2.75, 3.05) is 0 Å². The molecule has 0 spiro atoms. The fourth-order valence-electron chi connectivity index (χ4n) is 1.79. The molecule has 0 saturated carbocycles. The number of H-pyrrole nitrogens is 1. The number of nitrogens with zero attached hydrogens (tertiary/aromatic N) is 1. The molecule has 1 N–H and O–H groups in total. The molecule has 0 aliphatic heterocycles. The smallest absolute Gasteiger partial charge is 0.168 e. The maximum atomic E-state index is 13.9. The lowest BCUT2D eigenvalue weighted by molar-refractivity contribution is 0.510. The van der Waals surface area contributed by atoms with Crippen LogP contribution in [-0.2, 0) is 0 Å². The standard InChI is InChI=1S/C14H14F2N2S/c1-7(2)13-17-12(8(3)14(19)18-13)9-5-4-6-10(15)11(9)16/h4-7H,1-3H3,(H,17,18,19). The lowest BCUT2D eigenvalue weighted by Crippen LogP contribution is -2.03. The SMILES string of the molecule is Cc1c(-c2cccc(F)c2F)[nH]c(C(C)C)nc1=S. The van der Waals surface area contributed by atoms with Gasteiger partial charge < -0.3 is 4.98 Å². The molecule has 0 aliphatic rings. The zero-order valence-electron chi connectivity index (χ0n) is 10.9. The van der Waals surface area contributed by atoms with Crippen LogP contribution in [-0.4, -0.2) is 9.97 Å². The van der Waals surface area contributed by atoms with E-state index in [1.165, 1.54) is 12.1 Å². The van der Waals surface area contributed by atoms with Crippen molar-refractivity contribution in [3.05, 3.63) is 45.9 Å². The van der Waals surface area contributed by atoms with Crippen LogP contribution in [0.15, 0.2) is 18.2 Å². The first-order valence-electron chi connectivity index (χ1n) is 5.97. The topological polar surface area (TPSA) is 28.7 Å². The van der Waals surface area contributed by atoms with Crippen molar-refractivity contribution in [3.8, 4) is 11.3 Å². The van der Waals surface area contributed by atoms with Gasteiger partial charge >= 0.3 is 0 Å². The van der Waals surface area contributed by atoms with Gasteiger partial charge in [-0.05, 0) is 19.1 Å². The number of aromatic amines is 1. The number of hydrogen-bond acceptors (Lipinski definition) is 2. The van der Waals surface area contributed by atoms with Gasteiger partial charge in [0.05, 0.1) is 5.69 Å². The van der Waals surface area contributed by atoms with Crippen molar-refractivity contribution in [1.29, 1.82) is 0 Å². The molecule has 19 heavy (non-hydrogen) atoms. The Bertz CT molecular complexity index is 678. The predicted octanol–water partition coefficient (Wildman–Crippen LogP) is 4.52. The third-order valence-electron chi connectivity index (χ3n) is 2.94. The third kappa shape index (κ3) is 2.56. The summed E-state index contributed by atoms with van der Waals surface area (Å²) >= 11 is 5.18. The molecule has 5 heteroatoms. The minimum atomic E-state index is -0.878. The molecule has 0 saturated heterocycles. The normalized spacial score (nSPS) is 11.1. The number of rotatable bonds is 2. The van der Waals surface area contributed by atoms with Crippen LogP contribution in [0.25, 0.3) is 11.3 Å². The highest BCUT2D eigenvalue weighted by molar-refractivity contribution is 7.71. The first kappa shape index (κ1) is 13.8.